The molecule has 0 aromatic carbocycles. The van der Waals surface area contributed by atoms with Gasteiger partial charge in [0.25, 0.3) is 0 Å². The van der Waals surface area contributed by atoms with Gasteiger partial charge in [0.05, 0.1) is 0 Å². The number of nitrogens with zero attached hydrogens (tertiary/aromatic N) is 1. The highest BCUT2D eigenvalue weighted by Crippen LogP contribution is 2.25. The molecular formula is C12H25N3O. The summed E-state index contributed by atoms with van der Waals surface area (Å²) in [6.07, 6.45) is 3.70. The van der Waals surface area contributed by atoms with Gasteiger partial charge in [0.1, 0.15) is 0 Å². The Hall–Kier alpha value is -0.610. The number of nitrogens with two attached hydrogens (primary N) is 1. The van der Waals surface area contributed by atoms with E-state index in [1.54, 1.807) is 0 Å². The monoisotopic (exact) mass is 227 g/mol. The minimum Gasteiger partial charge on any atom is -0.370 e. The molecule has 1 rings (SSSR count). The van der Waals surface area contributed by atoms with Crippen molar-refractivity contribution in [3.8, 4) is 0 Å². The lowest BCUT2D eigenvalue weighted by molar-refractivity contribution is -0.119. The second-order valence-corrected chi connectivity index (χ2v) is 4.74. The first-order valence-corrected chi connectivity index (χ1v) is 6.37. The van der Waals surface area contributed by atoms with Crippen LogP contribution in [0.5, 0.6) is 0 Å². The maximum absolute atomic E-state index is 11.2. The molecule has 1 aliphatic rings. The van der Waals surface area contributed by atoms with Gasteiger partial charge in [-0.1, -0.05) is 13.8 Å². The lowest BCUT2D eigenvalue weighted by Gasteiger charge is -2.32. The van der Waals surface area contributed by atoms with E-state index >= 15 is 0 Å². The molecule has 0 spiro atoms. The van der Waals surface area contributed by atoms with E-state index < -0.39 is 0 Å². The van der Waals surface area contributed by atoms with Crippen molar-refractivity contribution in [3.63, 3.8) is 0 Å². The van der Waals surface area contributed by atoms with Gasteiger partial charge in [0.2, 0.25) is 5.91 Å². The van der Waals surface area contributed by atoms with E-state index in [2.05, 4.69) is 24.1 Å². The van der Waals surface area contributed by atoms with Gasteiger partial charge >= 0.3 is 0 Å². The molecule has 1 saturated heterocycles. The SMILES string of the molecule is CCNC1(CC(N)=O)CCCN(CC)CC1. The molecular weight excluding hydrogens is 202 g/mol. The first-order chi connectivity index (χ1) is 7.62. The van der Waals surface area contributed by atoms with Crippen LogP contribution in [0, 0.1) is 0 Å². The Morgan fingerprint density at radius 1 is 1.38 bits per heavy atom. The van der Waals surface area contributed by atoms with Gasteiger partial charge in [-0.2, -0.15) is 0 Å². The third kappa shape index (κ3) is 3.76. The number of rotatable bonds is 5. The van der Waals surface area contributed by atoms with E-state index in [0.29, 0.717) is 6.42 Å². The molecule has 4 nitrogen and oxygen atoms in total. The standard InChI is InChI=1S/C12H25N3O/c1-3-14-12(10-11(13)16)6-5-8-15(4-2)9-7-12/h14H,3-10H2,1-2H3,(H2,13,16). The highest BCUT2D eigenvalue weighted by Gasteiger charge is 2.32. The highest BCUT2D eigenvalue weighted by atomic mass is 16.1. The van der Waals surface area contributed by atoms with Crippen molar-refractivity contribution >= 4 is 5.91 Å². The van der Waals surface area contributed by atoms with Crippen molar-refractivity contribution in [2.75, 3.05) is 26.2 Å². The maximum Gasteiger partial charge on any atom is 0.219 e. The van der Waals surface area contributed by atoms with Crippen molar-refractivity contribution in [3.05, 3.63) is 0 Å². The molecule has 0 bridgehead atoms. The van der Waals surface area contributed by atoms with Crippen LogP contribution in [0.4, 0.5) is 0 Å². The molecule has 0 saturated carbocycles. The number of carbonyl (C=O) groups excluding carboxylic acids is 1. The number of hydrogen-bond donors (Lipinski definition) is 2. The molecule has 0 aliphatic carbocycles. The van der Waals surface area contributed by atoms with Crippen LogP contribution >= 0.6 is 0 Å². The van der Waals surface area contributed by atoms with Crippen LogP contribution in [-0.2, 0) is 4.79 Å². The van der Waals surface area contributed by atoms with E-state index in [4.69, 9.17) is 5.73 Å². The third-order valence-corrected chi connectivity index (χ3v) is 3.55. The molecule has 1 aliphatic heterocycles. The summed E-state index contributed by atoms with van der Waals surface area (Å²) in [6, 6.07) is 0. The van der Waals surface area contributed by atoms with E-state index in [1.165, 1.54) is 0 Å². The summed E-state index contributed by atoms with van der Waals surface area (Å²) in [5.74, 6) is -0.189. The lowest BCUT2D eigenvalue weighted by atomic mass is 9.86. The molecule has 1 fully saturated rings. The van der Waals surface area contributed by atoms with Crippen LogP contribution in [-0.4, -0.2) is 42.5 Å². The van der Waals surface area contributed by atoms with Crippen LogP contribution in [0.1, 0.15) is 39.5 Å². The second-order valence-electron chi connectivity index (χ2n) is 4.74. The normalized spacial score (nSPS) is 27.6. The van der Waals surface area contributed by atoms with Gasteiger partial charge < -0.3 is 16.0 Å². The zero-order valence-electron chi connectivity index (χ0n) is 10.6. The minimum absolute atomic E-state index is 0.0511. The summed E-state index contributed by atoms with van der Waals surface area (Å²) in [7, 11) is 0. The van der Waals surface area contributed by atoms with Gasteiger partial charge in [-0.15, -0.1) is 0 Å². The fraction of sp³-hybridized carbons (Fsp3) is 0.917. The van der Waals surface area contributed by atoms with Gasteiger partial charge in [0, 0.05) is 12.0 Å². The predicted molar refractivity (Wildman–Crippen MR) is 66.2 cm³/mol. The first-order valence-electron chi connectivity index (χ1n) is 6.37. The Morgan fingerprint density at radius 3 is 2.69 bits per heavy atom. The quantitative estimate of drug-likeness (QED) is 0.727. The zero-order chi connectivity index (χ0) is 12.0. The molecule has 0 aromatic heterocycles. The molecule has 94 valence electrons. The molecule has 1 heterocycles. The third-order valence-electron chi connectivity index (χ3n) is 3.55. The maximum atomic E-state index is 11.2. The number of likely N-dealkylation sites (tertiary alicyclic amines) is 1. The molecule has 3 N–H and O–H groups in total. The van der Waals surface area contributed by atoms with Crippen molar-refractivity contribution in [2.45, 2.75) is 45.1 Å². The number of amides is 1. The Kier molecular flexibility index (Phi) is 5.22. The number of hydrogen-bond acceptors (Lipinski definition) is 3. The minimum atomic E-state index is -0.189. The van der Waals surface area contributed by atoms with Crippen molar-refractivity contribution < 1.29 is 4.79 Å². The highest BCUT2D eigenvalue weighted by molar-refractivity contribution is 5.75. The summed E-state index contributed by atoms with van der Waals surface area (Å²) >= 11 is 0. The van der Waals surface area contributed by atoms with Crippen molar-refractivity contribution in [1.29, 1.82) is 0 Å². The second kappa shape index (κ2) is 6.21. The number of primary amides is 1. The van der Waals surface area contributed by atoms with Gasteiger partial charge in [-0.25, -0.2) is 0 Å². The Morgan fingerprint density at radius 2 is 2.12 bits per heavy atom. The summed E-state index contributed by atoms with van der Waals surface area (Å²) < 4.78 is 0. The zero-order valence-corrected chi connectivity index (χ0v) is 10.6. The number of carbonyl (C=O) groups is 1. The van der Waals surface area contributed by atoms with E-state index in [1.807, 2.05) is 0 Å². The molecule has 1 atom stereocenters. The lowest BCUT2D eigenvalue weighted by Crippen LogP contribution is -2.48. The van der Waals surface area contributed by atoms with Gasteiger partial charge in [0.15, 0.2) is 0 Å². The van der Waals surface area contributed by atoms with Crippen LogP contribution < -0.4 is 11.1 Å². The largest absolute Gasteiger partial charge is 0.370 e. The molecule has 1 amide bonds. The molecule has 4 heteroatoms. The van der Waals surface area contributed by atoms with Crippen LogP contribution in [0.25, 0.3) is 0 Å². The number of nitrogens with one attached hydrogen (secondary N) is 1. The van der Waals surface area contributed by atoms with Crippen LogP contribution in [0.2, 0.25) is 0 Å². The van der Waals surface area contributed by atoms with Crippen LogP contribution in [0.15, 0.2) is 0 Å². The van der Waals surface area contributed by atoms with Gasteiger partial charge in [-0.05, 0) is 45.4 Å². The Labute approximate surface area is 98.6 Å². The Balaban J connectivity index is 2.65. The Bertz CT molecular complexity index is 232. The van der Waals surface area contributed by atoms with Crippen LogP contribution in [0.3, 0.4) is 0 Å². The van der Waals surface area contributed by atoms with Gasteiger partial charge in [-0.3, -0.25) is 4.79 Å². The summed E-state index contributed by atoms with van der Waals surface area (Å²) in [5.41, 5.74) is 5.31. The molecule has 1 unspecified atom stereocenters. The van der Waals surface area contributed by atoms with E-state index in [9.17, 15) is 4.79 Å². The first kappa shape index (κ1) is 13.5. The summed E-state index contributed by atoms with van der Waals surface area (Å²) in [6.45, 7) is 8.48. The predicted octanol–water partition coefficient (Wildman–Crippen LogP) is 0.716. The topological polar surface area (TPSA) is 58.4 Å². The molecule has 16 heavy (non-hydrogen) atoms. The average Bonchev–Trinajstić information content (AvgIpc) is 2.40. The fourth-order valence-electron chi connectivity index (χ4n) is 2.69. The summed E-state index contributed by atoms with van der Waals surface area (Å²) in [5, 5.41) is 3.49. The average molecular weight is 227 g/mol. The summed E-state index contributed by atoms with van der Waals surface area (Å²) in [4.78, 5) is 13.6. The van der Waals surface area contributed by atoms with Crippen molar-refractivity contribution in [1.82, 2.24) is 10.2 Å². The van der Waals surface area contributed by atoms with Crippen molar-refractivity contribution in [2.24, 2.45) is 5.73 Å². The molecule has 0 aromatic rings. The smallest absolute Gasteiger partial charge is 0.219 e. The van der Waals surface area contributed by atoms with E-state index in [0.717, 1.165) is 45.4 Å². The van der Waals surface area contributed by atoms with E-state index in [-0.39, 0.29) is 11.4 Å². The fourth-order valence-corrected chi connectivity index (χ4v) is 2.69. The molecule has 0 radical (unpaired) electrons.